The van der Waals surface area contributed by atoms with Gasteiger partial charge in [-0.15, -0.1) is 0 Å². The van der Waals surface area contributed by atoms with Crippen molar-refractivity contribution in [3.8, 4) is 0 Å². The minimum absolute atomic E-state index is 0.128. The Labute approximate surface area is 147 Å². The van der Waals surface area contributed by atoms with Gasteiger partial charge in [-0.2, -0.15) is 0 Å². The van der Waals surface area contributed by atoms with Crippen molar-refractivity contribution in [2.24, 2.45) is 0 Å². The second-order valence-corrected chi connectivity index (χ2v) is 7.07. The first kappa shape index (κ1) is 17.8. The summed E-state index contributed by atoms with van der Waals surface area (Å²) >= 11 is 0. The average Bonchev–Trinajstić information content (AvgIpc) is 3.18. The Morgan fingerprint density at radius 1 is 1.28 bits per heavy atom. The molecule has 1 aliphatic heterocycles. The number of nitrogens with two attached hydrogens (primary N) is 1. The highest BCUT2D eigenvalue weighted by Gasteiger charge is 2.33. The van der Waals surface area contributed by atoms with Crippen LogP contribution in [0.3, 0.4) is 0 Å². The number of Topliss-reactive ketones (excluding diaryl/α,β-unsaturated/α-hetero) is 1. The van der Waals surface area contributed by atoms with Crippen LogP contribution in [-0.2, 0) is 9.53 Å². The maximum Gasteiger partial charge on any atom is 0.175 e. The number of imidazole rings is 1. The molecule has 0 saturated carbocycles. The van der Waals surface area contributed by atoms with E-state index in [1.165, 1.54) is 6.33 Å². The molecule has 8 heteroatoms. The standard InChI is InChI=1S/C17H26N6O2/c1-10(2)22(11(3)4)7-12(24)13-5-6-14(25-13)23-9-21-15-16(18)19-8-20-17(15)23/h8-11,13-14H,5-7H2,1-4H3,(H2,18,19,20)/t13-,14+/m0/s1. The van der Waals surface area contributed by atoms with Gasteiger partial charge in [0.05, 0.1) is 12.9 Å². The van der Waals surface area contributed by atoms with Gasteiger partial charge in [-0.3, -0.25) is 14.3 Å². The second kappa shape index (κ2) is 7.05. The van der Waals surface area contributed by atoms with E-state index in [4.69, 9.17) is 10.5 Å². The van der Waals surface area contributed by atoms with Crippen molar-refractivity contribution in [1.82, 2.24) is 24.4 Å². The van der Waals surface area contributed by atoms with E-state index in [0.29, 0.717) is 42.0 Å². The van der Waals surface area contributed by atoms with E-state index in [1.54, 1.807) is 6.33 Å². The lowest BCUT2D eigenvalue weighted by molar-refractivity contribution is -0.133. The first-order valence-electron chi connectivity index (χ1n) is 8.75. The zero-order valence-corrected chi connectivity index (χ0v) is 15.2. The van der Waals surface area contributed by atoms with Gasteiger partial charge >= 0.3 is 0 Å². The van der Waals surface area contributed by atoms with Crippen molar-refractivity contribution in [3.63, 3.8) is 0 Å². The van der Waals surface area contributed by atoms with Gasteiger partial charge in [0.25, 0.3) is 0 Å². The third-order valence-corrected chi connectivity index (χ3v) is 4.72. The molecule has 2 aromatic rings. The summed E-state index contributed by atoms with van der Waals surface area (Å²) in [5, 5.41) is 0. The highest BCUT2D eigenvalue weighted by Crippen LogP contribution is 2.31. The van der Waals surface area contributed by atoms with Crippen molar-refractivity contribution in [1.29, 1.82) is 0 Å². The van der Waals surface area contributed by atoms with Crippen LogP contribution in [0.15, 0.2) is 12.7 Å². The van der Waals surface area contributed by atoms with Gasteiger partial charge in [0.2, 0.25) is 0 Å². The van der Waals surface area contributed by atoms with E-state index in [9.17, 15) is 4.79 Å². The third-order valence-electron chi connectivity index (χ3n) is 4.72. The summed E-state index contributed by atoms with van der Waals surface area (Å²) in [5.41, 5.74) is 7.03. The molecule has 0 unspecified atom stereocenters. The van der Waals surface area contributed by atoms with Crippen molar-refractivity contribution in [2.75, 3.05) is 12.3 Å². The smallest absolute Gasteiger partial charge is 0.175 e. The molecule has 136 valence electrons. The first-order chi connectivity index (χ1) is 11.9. The predicted molar refractivity (Wildman–Crippen MR) is 94.9 cm³/mol. The molecule has 0 aliphatic carbocycles. The molecule has 3 heterocycles. The molecular formula is C17H26N6O2. The van der Waals surface area contributed by atoms with Crippen LogP contribution in [0.25, 0.3) is 11.2 Å². The average molecular weight is 346 g/mol. The van der Waals surface area contributed by atoms with E-state index < -0.39 is 0 Å². The Kier molecular flexibility index (Phi) is 5.01. The molecule has 2 N–H and O–H groups in total. The molecule has 0 aromatic carbocycles. The normalized spacial score (nSPS) is 21.1. The van der Waals surface area contributed by atoms with Crippen LogP contribution in [0, 0.1) is 0 Å². The second-order valence-electron chi connectivity index (χ2n) is 7.07. The summed E-state index contributed by atoms with van der Waals surface area (Å²) in [5.74, 6) is 0.474. The molecule has 0 bridgehead atoms. The number of aromatic nitrogens is 4. The van der Waals surface area contributed by atoms with Crippen LogP contribution in [0.4, 0.5) is 5.82 Å². The number of nitrogen functional groups attached to an aromatic ring is 1. The van der Waals surface area contributed by atoms with E-state index in [2.05, 4.69) is 47.5 Å². The highest BCUT2D eigenvalue weighted by molar-refractivity contribution is 5.85. The SMILES string of the molecule is CC(C)N(CC(=O)[C@@H]1CC[C@H](n2cnc3c(N)ncnc32)O1)C(C)C. The minimum atomic E-state index is -0.387. The molecule has 25 heavy (non-hydrogen) atoms. The zero-order chi connectivity index (χ0) is 18.1. The Morgan fingerprint density at radius 3 is 2.68 bits per heavy atom. The van der Waals surface area contributed by atoms with Gasteiger partial charge in [-0.25, -0.2) is 15.0 Å². The predicted octanol–water partition coefficient (Wildman–Crippen LogP) is 1.77. The number of ether oxygens (including phenoxy) is 1. The number of carbonyl (C=O) groups is 1. The lowest BCUT2D eigenvalue weighted by Crippen LogP contribution is -2.43. The Hall–Kier alpha value is -2.06. The topological polar surface area (TPSA) is 99.2 Å². The number of rotatable bonds is 6. The van der Waals surface area contributed by atoms with Gasteiger partial charge in [-0.1, -0.05) is 0 Å². The number of anilines is 1. The Morgan fingerprint density at radius 2 is 2.00 bits per heavy atom. The molecule has 1 aliphatic rings. The number of nitrogens with zero attached hydrogens (tertiary/aromatic N) is 5. The molecule has 3 rings (SSSR count). The van der Waals surface area contributed by atoms with Crippen LogP contribution in [0.2, 0.25) is 0 Å². The summed E-state index contributed by atoms with van der Waals surface area (Å²) < 4.78 is 7.86. The fourth-order valence-corrected chi connectivity index (χ4v) is 3.39. The summed E-state index contributed by atoms with van der Waals surface area (Å²) in [6, 6.07) is 0.636. The van der Waals surface area contributed by atoms with Crippen LogP contribution in [0.1, 0.15) is 46.8 Å². The summed E-state index contributed by atoms with van der Waals surface area (Å²) in [6.07, 6.45) is 3.88. The van der Waals surface area contributed by atoms with Crippen LogP contribution >= 0.6 is 0 Å². The number of ketones is 1. The fourth-order valence-electron chi connectivity index (χ4n) is 3.39. The summed E-state index contributed by atoms with van der Waals surface area (Å²) in [4.78, 5) is 27.3. The molecule has 8 nitrogen and oxygen atoms in total. The Balaban J connectivity index is 1.71. The largest absolute Gasteiger partial charge is 0.382 e. The number of hydrogen-bond donors (Lipinski definition) is 1. The van der Waals surface area contributed by atoms with Crippen LogP contribution in [-0.4, -0.2) is 54.9 Å². The van der Waals surface area contributed by atoms with Gasteiger partial charge in [0.1, 0.15) is 24.2 Å². The third kappa shape index (κ3) is 3.50. The Bertz CT molecular complexity index is 749. The summed E-state index contributed by atoms with van der Waals surface area (Å²) in [7, 11) is 0. The molecule has 1 fully saturated rings. The monoisotopic (exact) mass is 346 g/mol. The molecule has 0 spiro atoms. The molecule has 0 amide bonds. The molecule has 2 atom stereocenters. The van der Waals surface area contributed by atoms with Crippen molar-refractivity contribution in [3.05, 3.63) is 12.7 Å². The molecule has 2 aromatic heterocycles. The molecule has 1 saturated heterocycles. The van der Waals surface area contributed by atoms with E-state index in [1.807, 2.05) is 4.57 Å². The maximum atomic E-state index is 12.7. The van der Waals surface area contributed by atoms with Crippen LogP contribution in [0.5, 0.6) is 0 Å². The maximum absolute atomic E-state index is 12.7. The van der Waals surface area contributed by atoms with Gasteiger partial charge < -0.3 is 10.5 Å². The lowest BCUT2D eigenvalue weighted by atomic mass is 10.1. The van der Waals surface area contributed by atoms with E-state index >= 15 is 0 Å². The highest BCUT2D eigenvalue weighted by atomic mass is 16.5. The summed E-state index contributed by atoms with van der Waals surface area (Å²) in [6.45, 7) is 8.83. The lowest BCUT2D eigenvalue weighted by Gasteiger charge is -2.30. The van der Waals surface area contributed by atoms with Gasteiger partial charge in [0, 0.05) is 12.1 Å². The number of fused-ring (bicyclic) bond motifs is 1. The van der Waals surface area contributed by atoms with E-state index in [-0.39, 0.29) is 18.1 Å². The minimum Gasteiger partial charge on any atom is -0.382 e. The molecule has 0 radical (unpaired) electrons. The van der Waals surface area contributed by atoms with Crippen molar-refractivity contribution in [2.45, 2.75) is 65.0 Å². The molecular weight excluding hydrogens is 320 g/mol. The van der Waals surface area contributed by atoms with Gasteiger partial charge in [-0.05, 0) is 40.5 Å². The van der Waals surface area contributed by atoms with E-state index in [0.717, 1.165) is 6.42 Å². The quantitative estimate of drug-likeness (QED) is 0.851. The van der Waals surface area contributed by atoms with Crippen molar-refractivity contribution >= 4 is 22.8 Å². The number of hydrogen-bond acceptors (Lipinski definition) is 7. The number of carbonyl (C=O) groups excluding carboxylic acids is 1. The van der Waals surface area contributed by atoms with Crippen molar-refractivity contribution < 1.29 is 9.53 Å². The van der Waals surface area contributed by atoms with Gasteiger partial charge in [0.15, 0.2) is 17.2 Å². The zero-order valence-electron chi connectivity index (χ0n) is 15.2. The fraction of sp³-hybridized carbons (Fsp3) is 0.647. The van der Waals surface area contributed by atoms with Crippen LogP contribution < -0.4 is 5.73 Å². The first-order valence-corrected chi connectivity index (χ1v) is 8.75.